The van der Waals surface area contributed by atoms with Crippen LogP contribution in [-0.2, 0) is 0 Å². The van der Waals surface area contributed by atoms with Crippen molar-refractivity contribution >= 4 is 22.8 Å². The van der Waals surface area contributed by atoms with Crippen LogP contribution in [0.5, 0.6) is 0 Å². The van der Waals surface area contributed by atoms with E-state index in [4.69, 9.17) is 4.99 Å². The molecular formula is C21H17N3O2. The molecule has 0 radical (unpaired) electrons. The largest absolute Gasteiger partial charge is 0.371 e. The number of nitrogens with one attached hydrogen (secondary N) is 1. The number of para-hydroxylation sites is 1. The SMILES string of the molecule is O=[N+]([O-])c1cccc2c1NC(c1ccccc1)CC(c1ccccc1)=N2. The van der Waals surface area contributed by atoms with E-state index in [1.54, 1.807) is 6.07 Å². The average molecular weight is 343 g/mol. The van der Waals surface area contributed by atoms with Crippen molar-refractivity contribution in [2.75, 3.05) is 5.32 Å². The molecule has 0 amide bonds. The Hall–Kier alpha value is -3.47. The molecule has 1 heterocycles. The summed E-state index contributed by atoms with van der Waals surface area (Å²) >= 11 is 0. The van der Waals surface area contributed by atoms with Crippen LogP contribution in [0.2, 0.25) is 0 Å². The van der Waals surface area contributed by atoms with Gasteiger partial charge in [0.2, 0.25) is 0 Å². The summed E-state index contributed by atoms with van der Waals surface area (Å²) in [6.07, 6.45) is 0.639. The van der Waals surface area contributed by atoms with Crippen molar-refractivity contribution < 1.29 is 4.92 Å². The highest BCUT2D eigenvalue weighted by molar-refractivity contribution is 6.04. The second-order valence-corrected chi connectivity index (χ2v) is 6.16. The monoisotopic (exact) mass is 343 g/mol. The first-order chi connectivity index (χ1) is 12.7. The fourth-order valence-electron chi connectivity index (χ4n) is 3.23. The van der Waals surface area contributed by atoms with Crippen LogP contribution in [0, 0.1) is 10.1 Å². The van der Waals surface area contributed by atoms with Gasteiger partial charge in [-0.3, -0.25) is 15.1 Å². The van der Waals surface area contributed by atoms with Crippen molar-refractivity contribution in [3.8, 4) is 0 Å². The highest BCUT2D eigenvalue weighted by Gasteiger charge is 2.26. The number of nitrogens with zero attached hydrogens (tertiary/aromatic N) is 2. The summed E-state index contributed by atoms with van der Waals surface area (Å²) in [7, 11) is 0. The number of rotatable bonds is 3. The maximum atomic E-state index is 11.5. The lowest BCUT2D eigenvalue weighted by atomic mass is 9.97. The van der Waals surface area contributed by atoms with Gasteiger partial charge in [-0.25, -0.2) is 0 Å². The van der Waals surface area contributed by atoms with Crippen LogP contribution in [0.15, 0.2) is 83.9 Å². The zero-order valence-electron chi connectivity index (χ0n) is 14.0. The fourth-order valence-corrected chi connectivity index (χ4v) is 3.23. The molecule has 3 aromatic rings. The van der Waals surface area contributed by atoms with Crippen LogP contribution >= 0.6 is 0 Å². The van der Waals surface area contributed by atoms with E-state index >= 15 is 0 Å². The third-order valence-electron chi connectivity index (χ3n) is 4.50. The molecule has 0 bridgehead atoms. The van der Waals surface area contributed by atoms with E-state index < -0.39 is 0 Å². The van der Waals surface area contributed by atoms with Gasteiger partial charge in [0.1, 0.15) is 5.69 Å². The lowest BCUT2D eigenvalue weighted by Gasteiger charge is -2.19. The lowest BCUT2D eigenvalue weighted by molar-refractivity contribution is -0.383. The van der Waals surface area contributed by atoms with Gasteiger partial charge in [-0.05, 0) is 17.2 Å². The standard InChI is InChI=1S/C21H17N3O2/c25-24(26)20-13-7-12-17-21(20)23-19(16-10-5-2-6-11-16)14-18(22-17)15-8-3-1-4-9-15/h1-13,19,23H,14H2. The molecule has 1 aliphatic rings. The van der Waals surface area contributed by atoms with E-state index in [2.05, 4.69) is 5.32 Å². The lowest BCUT2D eigenvalue weighted by Crippen LogP contribution is -2.15. The molecule has 5 nitrogen and oxygen atoms in total. The zero-order valence-corrected chi connectivity index (χ0v) is 14.0. The number of anilines is 1. The minimum absolute atomic E-state index is 0.0430. The Labute approximate surface area is 151 Å². The smallest absolute Gasteiger partial charge is 0.294 e. The van der Waals surface area contributed by atoms with Crippen LogP contribution in [0.3, 0.4) is 0 Å². The Morgan fingerprint density at radius 3 is 2.31 bits per heavy atom. The second-order valence-electron chi connectivity index (χ2n) is 6.16. The molecule has 128 valence electrons. The van der Waals surface area contributed by atoms with Gasteiger partial charge in [0.05, 0.1) is 22.4 Å². The van der Waals surface area contributed by atoms with E-state index in [0.717, 1.165) is 16.8 Å². The van der Waals surface area contributed by atoms with Gasteiger partial charge in [-0.15, -0.1) is 0 Å². The maximum Gasteiger partial charge on any atom is 0.294 e. The van der Waals surface area contributed by atoms with Gasteiger partial charge in [-0.2, -0.15) is 0 Å². The predicted molar refractivity (Wildman–Crippen MR) is 103 cm³/mol. The number of fused-ring (bicyclic) bond motifs is 1. The predicted octanol–water partition coefficient (Wildman–Crippen LogP) is 5.27. The highest BCUT2D eigenvalue weighted by atomic mass is 16.6. The van der Waals surface area contributed by atoms with E-state index in [0.29, 0.717) is 17.8 Å². The van der Waals surface area contributed by atoms with Crippen LogP contribution in [0.25, 0.3) is 0 Å². The van der Waals surface area contributed by atoms with E-state index in [1.165, 1.54) is 6.07 Å². The van der Waals surface area contributed by atoms with Crippen molar-refractivity contribution in [1.82, 2.24) is 0 Å². The van der Waals surface area contributed by atoms with Crippen LogP contribution in [0.4, 0.5) is 17.1 Å². The minimum atomic E-state index is -0.364. The summed E-state index contributed by atoms with van der Waals surface area (Å²) in [5.74, 6) is 0. The number of hydrogen-bond donors (Lipinski definition) is 1. The summed E-state index contributed by atoms with van der Waals surface area (Å²) in [5.41, 5.74) is 4.11. The van der Waals surface area contributed by atoms with Gasteiger partial charge in [0.15, 0.2) is 0 Å². The van der Waals surface area contributed by atoms with E-state index in [1.807, 2.05) is 66.7 Å². The molecule has 1 unspecified atom stereocenters. The summed E-state index contributed by atoms with van der Waals surface area (Å²) in [5, 5.41) is 14.9. The Balaban J connectivity index is 1.88. The Kier molecular flexibility index (Phi) is 4.19. The molecule has 0 spiro atoms. The van der Waals surface area contributed by atoms with Crippen molar-refractivity contribution in [3.05, 3.63) is 100 Å². The summed E-state index contributed by atoms with van der Waals surface area (Å²) in [6.45, 7) is 0. The van der Waals surface area contributed by atoms with Gasteiger partial charge >= 0.3 is 0 Å². The molecule has 0 aliphatic carbocycles. The number of hydrogen-bond acceptors (Lipinski definition) is 4. The molecule has 1 atom stereocenters. The number of nitro benzene ring substituents is 1. The molecular weight excluding hydrogens is 326 g/mol. The Morgan fingerprint density at radius 1 is 0.923 bits per heavy atom. The van der Waals surface area contributed by atoms with E-state index in [9.17, 15) is 10.1 Å². The third-order valence-corrected chi connectivity index (χ3v) is 4.50. The first kappa shape index (κ1) is 16.0. The summed E-state index contributed by atoms with van der Waals surface area (Å²) in [6, 6.07) is 24.8. The van der Waals surface area contributed by atoms with Crippen molar-refractivity contribution in [3.63, 3.8) is 0 Å². The Bertz CT molecular complexity index is 969. The second kappa shape index (κ2) is 6.80. The van der Waals surface area contributed by atoms with Gasteiger partial charge in [0, 0.05) is 12.5 Å². The number of nitro groups is 1. The van der Waals surface area contributed by atoms with Crippen LogP contribution in [-0.4, -0.2) is 10.6 Å². The third kappa shape index (κ3) is 3.07. The van der Waals surface area contributed by atoms with Gasteiger partial charge in [0.25, 0.3) is 5.69 Å². The average Bonchev–Trinajstić information content (AvgIpc) is 2.89. The molecule has 0 saturated heterocycles. The maximum absolute atomic E-state index is 11.5. The molecule has 0 fully saturated rings. The zero-order chi connectivity index (χ0) is 17.9. The summed E-state index contributed by atoms with van der Waals surface area (Å²) < 4.78 is 0. The minimum Gasteiger partial charge on any atom is -0.371 e. The van der Waals surface area contributed by atoms with Gasteiger partial charge in [-0.1, -0.05) is 66.7 Å². The van der Waals surface area contributed by atoms with Gasteiger partial charge < -0.3 is 5.32 Å². The topological polar surface area (TPSA) is 67.5 Å². The van der Waals surface area contributed by atoms with Crippen LogP contribution in [0.1, 0.15) is 23.6 Å². The molecule has 1 aliphatic heterocycles. The first-order valence-electron chi connectivity index (χ1n) is 8.44. The molecule has 0 saturated carbocycles. The molecule has 4 rings (SSSR count). The fraction of sp³-hybridized carbons (Fsp3) is 0.0952. The first-order valence-corrected chi connectivity index (χ1v) is 8.44. The number of benzene rings is 3. The van der Waals surface area contributed by atoms with Crippen molar-refractivity contribution in [2.24, 2.45) is 4.99 Å². The molecule has 5 heteroatoms. The molecule has 26 heavy (non-hydrogen) atoms. The molecule has 1 N–H and O–H groups in total. The quantitative estimate of drug-likeness (QED) is 0.520. The normalized spacial score (nSPS) is 16.0. The van der Waals surface area contributed by atoms with Crippen molar-refractivity contribution in [1.29, 1.82) is 0 Å². The number of aliphatic imine (C=N–C) groups is 1. The van der Waals surface area contributed by atoms with Crippen LogP contribution < -0.4 is 5.32 Å². The van der Waals surface area contributed by atoms with E-state index in [-0.39, 0.29) is 16.7 Å². The Morgan fingerprint density at radius 2 is 1.62 bits per heavy atom. The van der Waals surface area contributed by atoms with Crippen molar-refractivity contribution in [2.45, 2.75) is 12.5 Å². The summed E-state index contributed by atoms with van der Waals surface area (Å²) in [4.78, 5) is 15.9. The highest BCUT2D eigenvalue weighted by Crippen LogP contribution is 2.40. The molecule has 3 aromatic carbocycles. The molecule has 0 aromatic heterocycles.